The largest absolute Gasteiger partial charge is 0.360 e. The van der Waals surface area contributed by atoms with E-state index in [0.717, 1.165) is 12.3 Å². The van der Waals surface area contributed by atoms with Crippen LogP contribution in [0.3, 0.4) is 0 Å². The first-order chi connectivity index (χ1) is 7.16. The van der Waals surface area contributed by atoms with Crippen LogP contribution in [0.25, 0.3) is 0 Å². The highest BCUT2D eigenvalue weighted by atomic mass is 16.5. The Bertz CT molecular complexity index is 353. The molecule has 1 saturated carbocycles. The number of hydrogen-bond acceptors (Lipinski definition) is 3. The third kappa shape index (κ3) is 2.58. The third-order valence-corrected chi connectivity index (χ3v) is 2.58. The normalized spacial score (nSPS) is 15.7. The quantitative estimate of drug-likeness (QED) is 0.822. The second-order valence-electron chi connectivity index (χ2n) is 4.42. The summed E-state index contributed by atoms with van der Waals surface area (Å²) in [6.07, 6.45) is 2.46. The maximum absolute atomic E-state index is 11.6. The van der Waals surface area contributed by atoms with Crippen molar-refractivity contribution in [1.82, 2.24) is 10.5 Å². The molecule has 0 bridgehead atoms. The van der Waals surface area contributed by atoms with Gasteiger partial charge in [-0.15, -0.1) is 0 Å². The van der Waals surface area contributed by atoms with Gasteiger partial charge in [-0.2, -0.15) is 0 Å². The molecule has 0 aromatic carbocycles. The van der Waals surface area contributed by atoms with Gasteiger partial charge in [0.25, 0.3) is 5.91 Å². The molecule has 2 rings (SSSR count). The van der Waals surface area contributed by atoms with Crippen LogP contribution in [0.2, 0.25) is 0 Å². The van der Waals surface area contributed by atoms with Crippen molar-refractivity contribution in [2.24, 2.45) is 5.92 Å². The van der Waals surface area contributed by atoms with Crippen molar-refractivity contribution in [3.8, 4) is 0 Å². The van der Waals surface area contributed by atoms with Gasteiger partial charge in [-0.05, 0) is 18.8 Å². The van der Waals surface area contributed by atoms with Gasteiger partial charge in [-0.3, -0.25) is 4.79 Å². The van der Waals surface area contributed by atoms with Gasteiger partial charge < -0.3 is 9.84 Å². The van der Waals surface area contributed by atoms with E-state index in [9.17, 15) is 4.79 Å². The zero-order valence-electron chi connectivity index (χ0n) is 9.12. The van der Waals surface area contributed by atoms with E-state index in [-0.39, 0.29) is 11.8 Å². The van der Waals surface area contributed by atoms with E-state index >= 15 is 0 Å². The molecule has 1 amide bonds. The van der Waals surface area contributed by atoms with E-state index in [1.54, 1.807) is 6.07 Å². The molecule has 82 valence electrons. The number of aromatic nitrogens is 1. The minimum Gasteiger partial charge on any atom is -0.360 e. The van der Waals surface area contributed by atoms with E-state index in [0.29, 0.717) is 11.6 Å². The maximum atomic E-state index is 11.6. The number of carbonyl (C=O) groups excluding carboxylic acids is 1. The van der Waals surface area contributed by atoms with Gasteiger partial charge in [0.2, 0.25) is 0 Å². The Morgan fingerprint density at radius 2 is 2.40 bits per heavy atom. The van der Waals surface area contributed by atoms with Crippen LogP contribution in [-0.4, -0.2) is 17.6 Å². The molecule has 1 heterocycles. The fourth-order valence-corrected chi connectivity index (χ4v) is 1.32. The molecule has 0 atom stereocenters. The molecule has 4 nitrogen and oxygen atoms in total. The summed E-state index contributed by atoms with van der Waals surface area (Å²) in [5.74, 6) is 1.58. The Kier molecular flexibility index (Phi) is 2.75. The predicted molar refractivity (Wildman–Crippen MR) is 55.6 cm³/mol. The monoisotopic (exact) mass is 208 g/mol. The Morgan fingerprint density at radius 1 is 1.67 bits per heavy atom. The van der Waals surface area contributed by atoms with Crippen LogP contribution in [0.5, 0.6) is 0 Å². The molecule has 15 heavy (non-hydrogen) atoms. The summed E-state index contributed by atoms with van der Waals surface area (Å²) in [6, 6.07) is 1.72. The first-order valence-corrected chi connectivity index (χ1v) is 5.41. The van der Waals surface area contributed by atoms with Crippen molar-refractivity contribution >= 4 is 5.91 Å². The Hall–Kier alpha value is -1.32. The molecule has 0 unspecified atom stereocenters. The van der Waals surface area contributed by atoms with Gasteiger partial charge in [-0.25, -0.2) is 0 Å². The number of hydrogen-bond donors (Lipinski definition) is 1. The number of nitrogens with zero attached hydrogens (tertiary/aromatic N) is 1. The summed E-state index contributed by atoms with van der Waals surface area (Å²) in [6.45, 7) is 4.78. The van der Waals surface area contributed by atoms with Crippen LogP contribution in [0.15, 0.2) is 10.6 Å². The van der Waals surface area contributed by atoms with Crippen LogP contribution in [0, 0.1) is 5.92 Å². The summed E-state index contributed by atoms with van der Waals surface area (Å²) in [4.78, 5) is 11.6. The van der Waals surface area contributed by atoms with Crippen LogP contribution in [-0.2, 0) is 0 Å². The standard InChI is InChI=1S/C11H16N2O2/c1-7(2)10-5-9(13-15-10)11(14)12-6-8-3-4-8/h5,7-8H,3-4,6H2,1-2H3,(H,12,14). The van der Waals surface area contributed by atoms with E-state index in [1.165, 1.54) is 12.8 Å². The number of carbonyl (C=O) groups is 1. The summed E-state index contributed by atoms with van der Waals surface area (Å²) in [5, 5.41) is 6.60. The molecule has 1 aliphatic rings. The van der Waals surface area contributed by atoms with Crippen LogP contribution < -0.4 is 5.32 Å². The lowest BCUT2D eigenvalue weighted by atomic mass is 10.1. The summed E-state index contributed by atoms with van der Waals surface area (Å²) in [7, 11) is 0. The number of rotatable bonds is 4. The molecular weight excluding hydrogens is 192 g/mol. The molecule has 1 N–H and O–H groups in total. The topological polar surface area (TPSA) is 55.1 Å². The molecular formula is C11H16N2O2. The fraction of sp³-hybridized carbons (Fsp3) is 0.636. The summed E-state index contributed by atoms with van der Waals surface area (Å²) >= 11 is 0. The average molecular weight is 208 g/mol. The second kappa shape index (κ2) is 4.04. The highest BCUT2D eigenvalue weighted by Crippen LogP contribution is 2.27. The van der Waals surface area contributed by atoms with Crippen molar-refractivity contribution in [2.45, 2.75) is 32.6 Å². The van der Waals surface area contributed by atoms with Crippen LogP contribution in [0.1, 0.15) is 48.9 Å². The highest BCUT2D eigenvalue weighted by Gasteiger charge is 2.22. The number of amides is 1. The van der Waals surface area contributed by atoms with Gasteiger partial charge in [0.1, 0.15) is 5.76 Å². The molecule has 0 spiro atoms. The Morgan fingerprint density at radius 3 is 2.93 bits per heavy atom. The Labute approximate surface area is 89.0 Å². The van der Waals surface area contributed by atoms with E-state index in [1.807, 2.05) is 13.8 Å². The van der Waals surface area contributed by atoms with Crippen molar-refractivity contribution < 1.29 is 9.32 Å². The smallest absolute Gasteiger partial charge is 0.273 e. The van der Waals surface area contributed by atoms with Crippen molar-refractivity contribution in [3.05, 3.63) is 17.5 Å². The molecule has 0 saturated heterocycles. The van der Waals surface area contributed by atoms with Crippen LogP contribution >= 0.6 is 0 Å². The SMILES string of the molecule is CC(C)c1cc(C(=O)NCC2CC2)no1. The lowest BCUT2D eigenvalue weighted by Gasteiger charge is -1.99. The average Bonchev–Trinajstić information content (AvgIpc) is 2.88. The van der Waals surface area contributed by atoms with Crippen molar-refractivity contribution in [3.63, 3.8) is 0 Å². The zero-order chi connectivity index (χ0) is 10.8. The van der Waals surface area contributed by atoms with Gasteiger partial charge >= 0.3 is 0 Å². The number of nitrogens with one attached hydrogen (secondary N) is 1. The van der Waals surface area contributed by atoms with Crippen molar-refractivity contribution in [2.75, 3.05) is 6.54 Å². The molecule has 0 aliphatic heterocycles. The van der Waals surface area contributed by atoms with Gasteiger partial charge in [0.15, 0.2) is 5.69 Å². The fourth-order valence-electron chi connectivity index (χ4n) is 1.32. The van der Waals surface area contributed by atoms with Gasteiger partial charge in [-0.1, -0.05) is 19.0 Å². The first kappa shape index (κ1) is 10.2. The lowest BCUT2D eigenvalue weighted by molar-refractivity contribution is 0.0942. The molecule has 1 aromatic heterocycles. The van der Waals surface area contributed by atoms with Gasteiger partial charge in [0, 0.05) is 18.5 Å². The van der Waals surface area contributed by atoms with Crippen molar-refractivity contribution in [1.29, 1.82) is 0 Å². The lowest BCUT2D eigenvalue weighted by Crippen LogP contribution is -2.25. The minimum absolute atomic E-state index is 0.127. The minimum atomic E-state index is -0.127. The second-order valence-corrected chi connectivity index (χ2v) is 4.42. The maximum Gasteiger partial charge on any atom is 0.273 e. The van der Waals surface area contributed by atoms with E-state index in [2.05, 4.69) is 10.5 Å². The summed E-state index contributed by atoms with van der Waals surface area (Å²) < 4.78 is 5.06. The Balaban J connectivity index is 1.92. The molecule has 4 heteroatoms. The molecule has 1 aromatic rings. The predicted octanol–water partition coefficient (Wildman–Crippen LogP) is 1.94. The van der Waals surface area contributed by atoms with E-state index in [4.69, 9.17) is 4.52 Å². The third-order valence-electron chi connectivity index (χ3n) is 2.58. The molecule has 0 radical (unpaired) electrons. The van der Waals surface area contributed by atoms with Crippen LogP contribution in [0.4, 0.5) is 0 Å². The summed E-state index contributed by atoms with van der Waals surface area (Å²) in [5.41, 5.74) is 0.388. The zero-order valence-corrected chi connectivity index (χ0v) is 9.12. The molecule has 1 aliphatic carbocycles. The van der Waals surface area contributed by atoms with Gasteiger partial charge in [0.05, 0.1) is 0 Å². The highest BCUT2D eigenvalue weighted by molar-refractivity contribution is 5.92. The molecule has 1 fully saturated rings. The van der Waals surface area contributed by atoms with E-state index < -0.39 is 0 Å². The first-order valence-electron chi connectivity index (χ1n) is 5.41.